The Kier molecular flexibility index (Phi) is 6.91. The molecule has 154 valence electrons. The van der Waals surface area contributed by atoms with Crippen LogP contribution in [-0.4, -0.2) is 43.2 Å². The molecule has 2 aliphatic rings. The number of hydrogen-bond acceptors (Lipinski definition) is 5. The van der Waals surface area contributed by atoms with E-state index in [4.69, 9.17) is 10.3 Å². The van der Waals surface area contributed by atoms with Gasteiger partial charge in [0.05, 0.1) is 24.7 Å². The molecule has 1 aromatic carbocycles. The fourth-order valence-electron chi connectivity index (χ4n) is 3.80. The molecule has 0 aromatic heterocycles. The topological polar surface area (TPSA) is 105 Å². The molecule has 0 spiro atoms. The molecule has 1 saturated carbocycles. The standard InChI is InChI=1S/C20H30N4O3S/c1-20(2,3)28(26)24(13-14-7-5-4-6-8-14)18(15-9-10-15)17-12-11-16(22-23-21)19(25)27-17/h4-8,15-19,25H,9-13H2,1-3H3/t16?,17-,18?,19?,28+/m0/s1. The minimum Gasteiger partial charge on any atom is -0.597 e. The normalized spacial score (nSPS) is 27.9. The summed E-state index contributed by atoms with van der Waals surface area (Å²) < 4.78 is 21.1. The maximum absolute atomic E-state index is 13.5. The van der Waals surface area contributed by atoms with E-state index in [0.717, 1.165) is 18.4 Å². The van der Waals surface area contributed by atoms with Crippen molar-refractivity contribution in [2.24, 2.45) is 11.0 Å². The lowest BCUT2D eigenvalue weighted by atomic mass is 9.95. The third-order valence-electron chi connectivity index (χ3n) is 5.33. The van der Waals surface area contributed by atoms with Crippen molar-refractivity contribution >= 4 is 11.4 Å². The predicted octanol–water partition coefficient (Wildman–Crippen LogP) is 3.91. The summed E-state index contributed by atoms with van der Waals surface area (Å²) >= 11 is -1.22. The molecule has 0 radical (unpaired) electrons. The Hall–Kier alpha value is -1.28. The Balaban J connectivity index is 1.85. The summed E-state index contributed by atoms with van der Waals surface area (Å²) in [6, 6.07) is 9.45. The SMILES string of the molecule is CC(C)(C)[S@@+]([O-])N(Cc1ccccc1)C(C1CC1)[C@@H]1CCC(N=[N+]=[N-])C(O)O1. The molecule has 3 unspecified atom stereocenters. The molecule has 0 amide bonds. The Morgan fingerprint density at radius 2 is 1.96 bits per heavy atom. The van der Waals surface area contributed by atoms with Gasteiger partial charge in [0.15, 0.2) is 6.29 Å². The average Bonchev–Trinajstić information content (AvgIpc) is 3.48. The van der Waals surface area contributed by atoms with Crippen molar-refractivity contribution in [1.82, 2.24) is 4.31 Å². The van der Waals surface area contributed by atoms with Crippen LogP contribution in [0.15, 0.2) is 35.4 Å². The van der Waals surface area contributed by atoms with Crippen LogP contribution in [0.5, 0.6) is 0 Å². The molecule has 0 bridgehead atoms. The first kappa shape index (κ1) is 21.4. The zero-order chi connectivity index (χ0) is 20.3. The highest BCUT2D eigenvalue weighted by Gasteiger charge is 2.50. The molecule has 7 nitrogen and oxygen atoms in total. The Bertz CT molecular complexity index is 688. The van der Waals surface area contributed by atoms with Crippen LogP contribution in [0.4, 0.5) is 0 Å². The van der Waals surface area contributed by atoms with Gasteiger partial charge in [0.25, 0.3) is 0 Å². The van der Waals surface area contributed by atoms with Crippen LogP contribution < -0.4 is 0 Å². The van der Waals surface area contributed by atoms with Gasteiger partial charge in [0.1, 0.15) is 4.75 Å². The fourth-order valence-corrected chi connectivity index (χ4v) is 5.30. The van der Waals surface area contributed by atoms with Crippen molar-refractivity contribution in [1.29, 1.82) is 0 Å². The maximum Gasteiger partial charge on any atom is 0.163 e. The third kappa shape index (κ3) is 5.20. The van der Waals surface area contributed by atoms with Crippen LogP contribution in [-0.2, 0) is 22.6 Å². The summed E-state index contributed by atoms with van der Waals surface area (Å²) in [4.78, 5) is 2.80. The smallest absolute Gasteiger partial charge is 0.163 e. The van der Waals surface area contributed by atoms with Gasteiger partial charge in [-0.05, 0) is 63.5 Å². The van der Waals surface area contributed by atoms with Gasteiger partial charge in [0.2, 0.25) is 0 Å². The zero-order valence-corrected chi connectivity index (χ0v) is 17.6. The number of nitrogens with zero attached hydrogens (tertiary/aromatic N) is 4. The van der Waals surface area contributed by atoms with Crippen LogP contribution >= 0.6 is 0 Å². The van der Waals surface area contributed by atoms with Gasteiger partial charge in [-0.25, -0.2) is 0 Å². The molecule has 1 aliphatic carbocycles. The molecule has 28 heavy (non-hydrogen) atoms. The minimum absolute atomic E-state index is 0.0399. The van der Waals surface area contributed by atoms with Crippen LogP contribution in [0.1, 0.15) is 52.0 Å². The highest BCUT2D eigenvalue weighted by atomic mass is 32.2. The monoisotopic (exact) mass is 406 g/mol. The second-order valence-electron chi connectivity index (χ2n) is 8.67. The van der Waals surface area contributed by atoms with Crippen LogP contribution in [0, 0.1) is 5.92 Å². The summed E-state index contributed by atoms with van der Waals surface area (Å²) in [6.45, 7) is 6.53. The molecule has 1 heterocycles. The first-order valence-corrected chi connectivity index (χ1v) is 11.0. The van der Waals surface area contributed by atoms with Crippen molar-refractivity contribution < 1.29 is 14.4 Å². The van der Waals surface area contributed by atoms with Gasteiger partial charge in [-0.3, -0.25) is 0 Å². The number of benzene rings is 1. The summed E-state index contributed by atoms with van der Waals surface area (Å²) in [5, 5.41) is 13.9. The number of azide groups is 1. The van der Waals surface area contributed by atoms with Gasteiger partial charge in [0, 0.05) is 16.3 Å². The molecule has 1 N–H and O–H groups in total. The molecular formula is C20H30N4O3S. The molecule has 8 heteroatoms. The molecule has 1 saturated heterocycles. The lowest BCUT2D eigenvalue weighted by molar-refractivity contribution is -0.187. The summed E-state index contributed by atoms with van der Waals surface area (Å²) in [5.41, 5.74) is 9.77. The average molecular weight is 407 g/mol. The zero-order valence-electron chi connectivity index (χ0n) is 16.8. The highest BCUT2D eigenvalue weighted by molar-refractivity contribution is 7.90. The molecule has 1 aliphatic heterocycles. The van der Waals surface area contributed by atoms with Crippen molar-refractivity contribution in [2.45, 2.75) is 82.2 Å². The quantitative estimate of drug-likeness (QED) is 0.321. The van der Waals surface area contributed by atoms with Crippen molar-refractivity contribution in [3.05, 3.63) is 46.3 Å². The maximum atomic E-state index is 13.5. The van der Waals surface area contributed by atoms with E-state index in [-0.39, 0.29) is 12.1 Å². The Morgan fingerprint density at radius 1 is 1.29 bits per heavy atom. The van der Waals surface area contributed by atoms with E-state index in [1.54, 1.807) is 0 Å². The summed E-state index contributed by atoms with van der Waals surface area (Å²) in [6.07, 6.45) is 2.05. The second kappa shape index (κ2) is 9.03. The molecule has 3 rings (SSSR count). The van der Waals surface area contributed by atoms with E-state index in [9.17, 15) is 9.66 Å². The Morgan fingerprint density at radius 3 is 2.50 bits per heavy atom. The second-order valence-corrected chi connectivity index (χ2v) is 10.9. The lowest BCUT2D eigenvalue weighted by Crippen LogP contribution is -2.55. The number of aliphatic hydroxyl groups excluding tert-OH is 1. The number of rotatable bonds is 7. The van der Waals surface area contributed by atoms with Crippen molar-refractivity contribution in [3.63, 3.8) is 0 Å². The van der Waals surface area contributed by atoms with Crippen molar-refractivity contribution in [2.75, 3.05) is 0 Å². The predicted molar refractivity (Wildman–Crippen MR) is 109 cm³/mol. The van der Waals surface area contributed by atoms with Crippen LogP contribution in [0.25, 0.3) is 10.4 Å². The molecular weight excluding hydrogens is 376 g/mol. The first-order valence-electron chi connectivity index (χ1n) is 9.91. The number of aliphatic hydroxyl groups is 1. The van der Waals surface area contributed by atoms with Crippen molar-refractivity contribution in [3.8, 4) is 0 Å². The first-order chi connectivity index (χ1) is 13.3. The van der Waals surface area contributed by atoms with Crippen LogP contribution in [0.2, 0.25) is 0 Å². The van der Waals surface area contributed by atoms with Gasteiger partial charge < -0.3 is 14.4 Å². The molecule has 2 fully saturated rings. The third-order valence-corrected chi connectivity index (χ3v) is 7.17. The van der Waals surface area contributed by atoms with Gasteiger partial charge in [-0.15, -0.1) is 4.31 Å². The van der Waals surface area contributed by atoms with Crippen LogP contribution in [0.3, 0.4) is 0 Å². The van der Waals surface area contributed by atoms with Gasteiger partial charge in [-0.2, -0.15) is 0 Å². The van der Waals surface area contributed by atoms with E-state index < -0.39 is 28.4 Å². The van der Waals surface area contributed by atoms with Gasteiger partial charge >= 0.3 is 0 Å². The van der Waals surface area contributed by atoms with E-state index in [2.05, 4.69) is 14.3 Å². The Labute approximate surface area is 170 Å². The number of ether oxygens (including phenoxy) is 1. The fraction of sp³-hybridized carbons (Fsp3) is 0.700. The number of hydrogen-bond donors (Lipinski definition) is 1. The highest BCUT2D eigenvalue weighted by Crippen LogP contribution is 2.43. The molecule has 5 atom stereocenters. The summed E-state index contributed by atoms with van der Waals surface area (Å²) in [5.74, 6) is 0.406. The van der Waals surface area contributed by atoms with E-state index in [1.165, 1.54) is 0 Å². The molecule has 1 aromatic rings. The van der Waals surface area contributed by atoms with E-state index in [1.807, 2.05) is 51.1 Å². The summed E-state index contributed by atoms with van der Waals surface area (Å²) in [7, 11) is 0. The largest absolute Gasteiger partial charge is 0.597 e. The van der Waals surface area contributed by atoms with Gasteiger partial charge in [-0.1, -0.05) is 35.4 Å². The van der Waals surface area contributed by atoms with E-state index >= 15 is 0 Å². The lowest BCUT2D eigenvalue weighted by Gasteiger charge is -2.43. The minimum atomic E-state index is -1.22. The van der Waals surface area contributed by atoms with E-state index in [0.29, 0.717) is 25.3 Å².